The summed E-state index contributed by atoms with van der Waals surface area (Å²) < 4.78 is 26.8. The number of hydrogen-bond acceptors (Lipinski definition) is 4. The van der Waals surface area contributed by atoms with Gasteiger partial charge in [-0.15, -0.1) is 0 Å². The highest BCUT2D eigenvalue weighted by Crippen LogP contribution is 2.25. The van der Waals surface area contributed by atoms with Crippen molar-refractivity contribution in [1.82, 2.24) is 10.2 Å². The molecule has 0 saturated carbocycles. The topological polar surface area (TPSA) is 86.8 Å². The zero-order chi connectivity index (χ0) is 27.2. The summed E-state index contributed by atoms with van der Waals surface area (Å²) in [5.41, 5.74) is 3.66. The number of halogens is 1. The Hall–Kier alpha value is -3.36. The van der Waals surface area contributed by atoms with Gasteiger partial charge in [0.1, 0.15) is 12.6 Å². The Morgan fingerprint density at radius 1 is 0.946 bits per heavy atom. The number of nitrogens with zero attached hydrogens (tertiary/aromatic N) is 2. The lowest BCUT2D eigenvalue weighted by Crippen LogP contribution is -2.53. The van der Waals surface area contributed by atoms with E-state index in [0.29, 0.717) is 10.7 Å². The summed E-state index contributed by atoms with van der Waals surface area (Å²) in [5.74, 6) is -0.838. The van der Waals surface area contributed by atoms with E-state index in [1.807, 2.05) is 49.4 Å². The molecule has 196 valence electrons. The highest BCUT2D eigenvalue weighted by Gasteiger charge is 2.33. The van der Waals surface area contributed by atoms with E-state index in [0.717, 1.165) is 32.8 Å². The first-order valence-electron chi connectivity index (χ1n) is 11.8. The lowest BCUT2D eigenvalue weighted by molar-refractivity contribution is -0.139. The average Bonchev–Trinajstić information content (AvgIpc) is 2.86. The van der Waals surface area contributed by atoms with Gasteiger partial charge >= 0.3 is 0 Å². The largest absolute Gasteiger partial charge is 0.357 e. The number of amides is 2. The normalized spacial score (nSPS) is 12.0. The molecule has 0 aliphatic heterocycles. The van der Waals surface area contributed by atoms with Crippen LogP contribution in [0.1, 0.15) is 22.3 Å². The Balaban J connectivity index is 2.04. The Morgan fingerprint density at radius 2 is 1.59 bits per heavy atom. The molecule has 1 N–H and O–H groups in total. The minimum Gasteiger partial charge on any atom is -0.357 e. The molecule has 7 nitrogen and oxygen atoms in total. The Kier molecular flexibility index (Phi) is 9.34. The quantitative estimate of drug-likeness (QED) is 0.418. The third kappa shape index (κ3) is 7.57. The third-order valence-electron chi connectivity index (χ3n) is 6.10. The number of carbonyl (C=O) groups excluding carboxylic acids is 2. The molecule has 2 amide bonds. The van der Waals surface area contributed by atoms with Gasteiger partial charge in [0.15, 0.2) is 0 Å². The number of carbonyl (C=O) groups is 2. The van der Waals surface area contributed by atoms with Crippen LogP contribution in [0.25, 0.3) is 0 Å². The summed E-state index contributed by atoms with van der Waals surface area (Å²) >= 11 is 6.05. The number of anilines is 1. The molecule has 0 saturated heterocycles. The van der Waals surface area contributed by atoms with Crippen molar-refractivity contribution in [3.63, 3.8) is 0 Å². The zero-order valence-electron chi connectivity index (χ0n) is 21.4. The second kappa shape index (κ2) is 12.3. The van der Waals surface area contributed by atoms with E-state index >= 15 is 0 Å². The fourth-order valence-electron chi connectivity index (χ4n) is 4.09. The highest BCUT2D eigenvalue weighted by atomic mass is 35.5. The maximum Gasteiger partial charge on any atom is 0.244 e. The molecule has 3 aromatic carbocycles. The van der Waals surface area contributed by atoms with Gasteiger partial charge in [-0.25, -0.2) is 8.42 Å². The average molecular weight is 542 g/mol. The number of aryl methyl sites for hydroxylation is 2. The van der Waals surface area contributed by atoms with Gasteiger partial charge in [-0.3, -0.25) is 13.9 Å². The number of nitrogens with one attached hydrogen (secondary N) is 1. The van der Waals surface area contributed by atoms with Crippen LogP contribution in [0.15, 0.2) is 72.8 Å². The van der Waals surface area contributed by atoms with Gasteiger partial charge in [0.25, 0.3) is 0 Å². The number of benzene rings is 3. The van der Waals surface area contributed by atoms with Crippen molar-refractivity contribution in [1.29, 1.82) is 0 Å². The van der Waals surface area contributed by atoms with Gasteiger partial charge in [0.2, 0.25) is 21.8 Å². The molecule has 0 fully saturated rings. The van der Waals surface area contributed by atoms with Crippen molar-refractivity contribution in [2.45, 2.75) is 32.9 Å². The first-order valence-corrected chi connectivity index (χ1v) is 14.1. The minimum absolute atomic E-state index is 0.103. The van der Waals surface area contributed by atoms with Gasteiger partial charge in [-0.2, -0.15) is 0 Å². The molecule has 0 heterocycles. The van der Waals surface area contributed by atoms with Crippen LogP contribution < -0.4 is 9.62 Å². The molecule has 0 radical (unpaired) electrons. The Bertz CT molecular complexity index is 1350. The van der Waals surface area contributed by atoms with Crippen LogP contribution in [0.5, 0.6) is 0 Å². The maximum atomic E-state index is 13.9. The molecule has 0 aliphatic carbocycles. The van der Waals surface area contributed by atoms with E-state index in [1.54, 1.807) is 37.3 Å². The summed E-state index contributed by atoms with van der Waals surface area (Å²) in [5, 5.41) is 3.21. The number of sulfonamides is 1. The fraction of sp³-hybridized carbons (Fsp3) is 0.286. The molecule has 9 heteroatoms. The molecule has 3 aromatic rings. The van der Waals surface area contributed by atoms with Crippen molar-refractivity contribution >= 4 is 39.1 Å². The monoisotopic (exact) mass is 541 g/mol. The van der Waals surface area contributed by atoms with Crippen LogP contribution in [0, 0.1) is 13.8 Å². The predicted molar refractivity (Wildman–Crippen MR) is 148 cm³/mol. The lowest BCUT2D eigenvalue weighted by Gasteiger charge is -2.33. The smallest absolute Gasteiger partial charge is 0.244 e. The fourth-order valence-corrected chi connectivity index (χ4v) is 5.11. The molecule has 0 bridgehead atoms. The predicted octanol–water partition coefficient (Wildman–Crippen LogP) is 4.11. The summed E-state index contributed by atoms with van der Waals surface area (Å²) in [7, 11) is -2.29. The van der Waals surface area contributed by atoms with E-state index in [4.69, 9.17) is 11.6 Å². The van der Waals surface area contributed by atoms with Crippen LogP contribution in [0.2, 0.25) is 5.02 Å². The van der Waals surface area contributed by atoms with E-state index < -0.39 is 28.5 Å². The van der Waals surface area contributed by atoms with Crippen LogP contribution in [-0.4, -0.2) is 51.0 Å². The molecule has 0 unspecified atom stereocenters. The number of rotatable bonds is 10. The van der Waals surface area contributed by atoms with Crippen molar-refractivity contribution < 1.29 is 18.0 Å². The number of likely N-dealkylation sites (N-methyl/N-ethyl adjacent to an activating group) is 1. The lowest BCUT2D eigenvalue weighted by atomic mass is 10.0. The SMILES string of the molecule is CNC(=O)[C@H](Cc1ccccc1)N(Cc1ccc(Cl)cc1)C(=O)CN(c1cc(C)ccc1C)S(C)(=O)=O. The van der Waals surface area contributed by atoms with Gasteiger partial charge in [0.05, 0.1) is 11.9 Å². The minimum atomic E-state index is -3.81. The Morgan fingerprint density at radius 3 is 2.19 bits per heavy atom. The Labute approximate surface area is 224 Å². The van der Waals surface area contributed by atoms with Gasteiger partial charge in [0, 0.05) is 25.0 Å². The molecular formula is C28H32ClN3O4S. The van der Waals surface area contributed by atoms with E-state index in [2.05, 4.69) is 5.32 Å². The second-order valence-electron chi connectivity index (χ2n) is 9.03. The van der Waals surface area contributed by atoms with E-state index in [1.165, 1.54) is 11.9 Å². The van der Waals surface area contributed by atoms with Crippen molar-refractivity contribution in [3.05, 3.63) is 100 Å². The van der Waals surface area contributed by atoms with Crippen LogP contribution in [0.4, 0.5) is 5.69 Å². The zero-order valence-corrected chi connectivity index (χ0v) is 23.0. The molecule has 37 heavy (non-hydrogen) atoms. The van der Waals surface area contributed by atoms with Gasteiger partial charge in [-0.1, -0.05) is 66.2 Å². The molecule has 0 aromatic heterocycles. The highest BCUT2D eigenvalue weighted by molar-refractivity contribution is 7.92. The van der Waals surface area contributed by atoms with Gasteiger partial charge in [-0.05, 0) is 54.3 Å². The van der Waals surface area contributed by atoms with Gasteiger partial charge < -0.3 is 10.2 Å². The molecule has 0 aliphatic rings. The molecule has 0 spiro atoms. The standard InChI is InChI=1S/C28H32ClN3O4S/c1-20-10-11-21(2)25(16-20)32(37(4,35)36)19-27(33)31(18-23-12-14-24(29)15-13-23)26(28(34)30-3)17-22-8-6-5-7-9-22/h5-16,26H,17-19H2,1-4H3,(H,30,34)/t26-/m0/s1. The molecular weight excluding hydrogens is 510 g/mol. The first kappa shape index (κ1) is 28.2. The van der Waals surface area contributed by atoms with E-state index in [9.17, 15) is 18.0 Å². The van der Waals surface area contributed by atoms with Crippen LogP contribution in [-0.2, 0) is 32.6 Å². The third-order valence-corrected chi connectivity index (χ3v) is 7.47. The van der Waals surface area contributed by atoms with Crippen molar-refractivity contribution in [3.8, 4) is 0 Å². The summed E-state index contributed by atoms with van der Waals surface area (Å²) in [4.78, 5) is 28.4. The summed E-state index contributed by atoms with van der Waals surface area (Å²) in [6.07, 6.45) is 1.34. The first-order chi connectivity index (χ1) is 17.5. The van der Waals surface area contributed by atoms with Crippen molar-refractivity contribution in [2.75, 3.05) is 24.2 Å². The summed E-state index contributed by atoms with van der Waals surface area (Å²) in [6, 6.07) is 21.0. The van der Waals surface area contributed by atoms with Crippen molar-refractivity contribution in [2.24, 2.45) is 0 Å². The van der Waals surface area contributed by atoms with Crippen LogP contribution in [0.3, 0.4) is 0 Å². The maximum absolute atomic E-state index is 13.9. The van der Waals surface area contributed by atoms with E-state index in [-0.39, 0.29) is 18.9 Å². The number of hydrogen-bond donors (Lipinski definition) is 1. The van der Waals surface area contributed by atoms with Crippen LogP contribution >= 0.6 is 11.6 Å². The second-order valence-corrected chi connectivity index (χ2v) is 11.4. The molecule has 3 rings (SSSR count). The summed E-state index contributed by atoms with van der Waals surface area (Å²) in [6.45, 7) is 3.31. The molecule has 1 atom stereocenters.